The number of hydrogen-bond acceptors (Lipinski definition) is 3. The first-order valence-electron chi connectivity index (χ1n) is 3.67. The van der Waals surface area contributed by atoms with Gasteiger partial charge in [0, 0.05) is 0 Å². The molecular formula is C8H11ClN2O. The summed E-state index contributed by atoms with van der Waals surface area (Å²) in [5, 5.41) is 0.559. The van der Waals surface area contributed by atoms with Gasteiger partial charge in [-0.2, -0.15) is 0 Å². The molecule has 0 aromatic heterocycles. The van der Waals surface area contributed by atoms with E-state index in [0.717, 1.165) is 0 Å². The lowest BCUT2D eigenvalue weighted by Gasteiger charge is -2.10. The maximum atomic E-state index is 5.84. The molecular weight excluding hydrogens is 176 g/mol. The van der Waals surface area contributed by atoms with Crippen molar-refractivity contribution in [2.75, 3.05) is 12.0 Å². The minimum atomic E-state index is 0.559. The summed E-state index contributed by atoms with van der Waals surface area (Å²) >= 11 is 5.84. The van der Waals surface area contributed by atoms with Crippen LogP contribution in [0, 0.1) is 0 Å². The quantitative estimate of drug-likeness (QED) is 0.561. The summed E-state index contributed by atoms with van der Waals surface area (Å²) < 4.78 is 5.28. The summed E-state index contributed by atoms with van der Waals surface area (Å²) in [6.45, 7) is 2.50. The van der Waals surface area contributed by atoms with E-state index in [9.17, 15) is 0 Å². The Morgan fingerprint density at radius 3 is 2.92 bits per heavy atom. The first-order valence-corrected chi connectivity index (χ1v) is 4.05. The van der Waals surface area contributed by atoms with Crippen molar-refractivity contribution >= 4 is 17.3 Å². The molecule has 0 spiro atoms. The molecule has 0 radical (unpaired) electrons. The number of rotatable bonds is 3. The van der Waals surface area contributed by atoms with Gasteiger partial charge in [-0.3, -0.25) is 5.84 Å². The van der Waals surface area contributed by atoms with Gasteiger partial charge >= 0.3 is 0 Å². The van der Waals surface area contributed by atoms with Crippen molar-refractivity contribution in [1.82, 2.24) is 0 Å². The minimum absolute atomic E-state index is 0.559. The molecule has 0 aliphatic carbocycles. The number of nitrogens with two attached hydrogens (primary N) is 1. The zero-order valence-electron chi connectivity index (χ0n) is 6.80. The van der Waals surface area contributed by atoms with Gasteiger partial charge in [-0.1, -0.05) is 17.7 Å². The summed E-state index contributed by atoms with van der Waals surface area (Å²) in [5.41, 5.74) is 3.12. The van der Waals surface area contributed by atoms with Crippen LogP contribution >= 0.6 is 11.6 Å². The number of nitrogen functional groups attached to an aromatic ring is 1. The fourth-order valence-electron chi connectivity index (χ4n) is 0.920. The highest BCUT2D eigenvalue weighted by Crippen LogP contribution is 2.30. The van der Waals surface area contributed by atoms with E-state index in [0.29, 0.717) is 23.1 Å². The topological polar surface area (TPSA) is 47.3 Å². The Kier molecular flexibility index (Phi) is 3.19. The van der Waals surface area contributed by atoms with Crippen LogP contribution in [0.1, 0.15) is 6.92 Å². The third-order valence-corrected chi connectivity index (χ3v) is 1.73. The Labute approximate surface area is 76.4 Å². The largest absolute Gasteiger partial charge is 0.492 e. The van der Waals surface area contributed by atoms with Crippen molar-refractivity contribution < 1.29 is 4.74 Å². The van der Waals surface area contributed by atoms with Gasteiger partial charge in [-0.25, -0.2) is 0 Å². The third-order valence-electron chi connectivity index (χ3n) is 1.42. The number of anilines is 1. The van der Waals surface area contributed by atoms with Gasteiger partial charge < -0.3 is 10.2 Å². The lowest BCUT2D eigenvalue weighted by atomic mass is 10.3. The second kappa shape index (κ2) is 4.18. The number of ether oxygens (including phenoxy) is 1. The maximum Gasteiger partial charge on any atom is 0.145 e. The van der Waals surface area contributed by atoms with E-state index in [-0.39, 0.29) is 0 Å². The predicted octanol–water partition coefficient (Wildman–Crippen LogP) is 2.02. The van der Waals surface area contributed by atoms with Crippen molar-refractivity contribution in [1.29, 1.82) is 0 Å². The van der Waals surface area contributed by atoms with Crippen molar-refractivity contribution in [3.8, 4) is 5.75 Å². The Balaban J connectivity index is 3.00. The molecule has 3 nitrogen and oxygen atoms in total. The molecule has 0 fully saturated rings. The van der Waals surface area contributed by atoms with Crippen LogP contribution in [0.2, 0.25) is 5.02 Å². The molecule has 3 N–H and O–H groups in total. The molecule has 0 heterocycles. The lowest BCUT2D eigenvalue weighted by molar-refractivity contribution is 0.342. The molecule has 1 rings (SSSR count). The number of benzene rings is 1. The van der Waals surface area contributed by atoms with Crippen molar-refractivity contribution in [2.45, 2.75) is 6.92 Å². The van der Waals surface area contributed by atoms with Crippen LogP contribution in [0.15, 0.2) is 18.2 Å². The van der Waals surface area contributed by atoms with E-state index in [1.54, 1.807) is 6.07 Å². The van der Waals surface area contributed by atoms with E-state index in [1.165, 1.54) is 0 Å². The van der Waals surface area contributed by atoms with Gasteiger partial charge in [0.15, 0.2) is 0 Å². The van der Waals surface area contributed by atoms with Crippen LogP contribution in [0.4, 0.5) is 5.69 Å². The number of hydrogen-bond donors (Lipinski definition) is 2. The van der Waals surface area contributed by atoms with Crippen LogP contribution in [0.25, 0.3) is 0 Å². The van der Waals surface area contributed by atoms with Crippen LogP contribution in [0.5, 0.6) is 5.75 Å². The monoisotopic (exact) mass is 186 g/mol. The average molecular weight is 187 g/mol. The average Bonchev–Trinajstić information content (AvgIpc) is 2.05. The Morgan fingerprint density at radius 1 is 1.58 bits per heavy atom. The molecule has 0 saturated heterocycles. The van der Waals surface area contributed by atoms with Gasteiger partial charge in [0.05, 0.1) is 11.6 Å². The highest BCUT2D eigenvalue weighted by atomic mass is 35.5. The summed E-state index contributed by atoms with van der Waals surface area (Å²) in [4.78, 5) is 0. The second-order valence-corrected chi connectivity index (χ2v) is 2.60. The zero-order valence-corrected chi connectivity index (χ0v) is 7.56. The molecule has 4 heteroatoms. The van der Waals surface area contributed by atoms with E-state index in [4.69, 9.17) is 22.2 Å². The van der Waals surface area contributed by atoms with Crippen LogP contribution in [0.3, 0.4) is 0 Å². The molecule has 1 aromatic rings. The first-order chi connectivity index (χ1) is 5.79. The normalized spacial score (nSPS) is 9.58. The lowest BCUT2D eigenvalue weighted by Crippen LogP contribution is -2.09. The predicted molar refractivity (Wildman–Crippen MR) is 50.4 cm³/mol. The number of hydrazine groups is 1. The van der Waals surface area contributed by atoms with Crippen LogP contribution in [-0.4, -0.2) is 6.61 Å². The Hall–Kier alpha value is -0.930. The van der Waals surface area contributed by atoms with Crippen molar-refractivity contribution in [3.05, 3.63) is 23.2 Å². The third kappa shape index (κ3) is 1.81. The number of para-hydroxylation sites is 1. The second-order valence-electron chi connectivity index (χ2n) is 2.19. The van der Waals surface area contributed by atoms with Crippen molar-refractivity contribution in [2.24, 2.45) is 5.84 Å². The number of halogens is 1. The SMILES string of the molecule is CCOc1cccc(Cl)c1NN. The Bertz CT molecular complexity index is 265. The van der Waals surface area contributed by atoms with Crippen molar-refractivity contribution in [3.63, 3.8) is 0 Å². The molecule has 0 bridgehead atoms. The summed E-state index contributed by atoms with van der Waals surface area (Å²) in [7, 11) is 0. The van der Waals surface area contributed by atoms with Gasteiger partial charge in [0.1, 0.15) is 11.4 Å². The van der Waals surface area contributed by atoms with Gasteiger partial charge in [0.2, 0.25) is 0 Å². The molecule has 66 valence electrons. The van der Waals surface area contributed by atoms with E-state index in [2.05, 4.69) is 5.43 Å². The van der Waals surface area contributed by atoms with Gasteiger partial charge in [0.25, 0.3) is 0 Å². The molecule has 0 unspecified atom stereocenters. The zero-order chi connectivity index (χ0) is 8.97. The summed E-state index contributed by atoms with van der Waals surface area (Å²) in [6, 6.07) is 5.37. The van der Waals surface area contributed by atoms with E-state index in [1.807, 2.05) is 19.1 Å². The fourth-order valence-corrected chi connectivity index (χ4v) is 1.14. The van der Waals surface area contributed by atoms with E-state index >= 15 is 0 Å². The molecule has 0 saturated carbocycles. The van der Waals surface area contributed by atoms with E-state index < -0.39 is 0 Å². The summed E-state index contributed by atoms with van der Waals surface area (Å²) in [5.74, 6) is 5.94. The standard InChI is InChI=1S/C8H11ClN2O/c1-2-12-7-5-3-4-6(9)8(7)11-10/h3-5,11H,2,10H2,1H3. The number of nitrogens with one attached hydrogen (secondary N) is 1. The Morgan fingerprint density at radius 2 is 2.33 bits per heavy atom. The molecule has 0 atom stereocenters. The highest BCUT2D eigenvalue weighted by Gasteiger charge is 2.04. The maximum absolute atomic E-state index is 5.84. The fraction of sp³-hybridized carbons (Fsp3) is 0.250. The highest BCUT2D eigenvalue weighted by molar-refractivity contribution is 6.33. The molecule has 0 aliphatic rings. The summed E-state index contributed by atoms with van der Waals surface area (Å²) in [6.07, 6.45) is 0. The smallest absolute Gasteiger partial charge is 0.145 e. The van der Waals surface area contributed by atoms with Gasteiger partial charge in [-0.15, -0.1) is 0 Å². The van der Waals surface area contributed by atoms with Crippen LogP contribution in [-0.2, 0) is 0 Å². The molecule has 12 heavy (non-hydrogen) atoms. The van der Waals surface area contributed by atoms with Crippen LogP contribution < -0.4 is 16.0 Å². The van der Waals surface area contributed by atoms with Gasteiger partial charge in [-0.05, 0) is 19.1 Å². The molecule has 0 amide bonds. The first kappa shape index (κ1) is 9.16. The molecule has 1 aromatic carbocycles. The minimum Gasteiger partial charge on any atom is -0.492 e. The molecule has 0 aliphatic heterocycles.